The normalized spacial score (nSPS) is 11.0. The SMILES string of the molecule is N#C/C(=C\c1cc(O)c(O)c(O)c1)C(=S)NCc1cc(O)c(O)c(Br)c1. The van der Waals surface area contributed by atoms with Crippen molar-refractivity contribution in [2.45, 2.75) is 6.54 Å². The zero-order valence-corrected chi connectivity index (χ0v) is 15.5. The van der Waals surface area contributed by atoms with Gasteiger partial charge in [0.25, 0.3) is 0 Å². The highest BCUT2D eigenvalue weighted by molar-refractivity contribution is 9.10. The molecule has 0 atom stereocenters. The number of halogens is 1. The molecule has 0 bridgehead atoms. The molecule has 0 spiro atoms. The van der Waals surface area contributed by atoms with E-state index in [1.165, 1.54) is 24.3 Å². The topological polar surface area (TPSA) is 137 Å². The molecule has 0 fully saturated rings. The molecule has 2 aromatic carbocycles. The van der Waals surface area contributed by atoms with Crippen LogP contribution < -0.4 is 5.32 Å². The summed E-state index contributed by atoms with van der Waals surface area (Å²) in [6.07, 6.45) is 1.33. The van der Waals surface area contributed by atoms with Crippen LogP contribution in [-0.4, -0.2) is 30.5 Å². The van der Waals surface area contributed by atoms with Crippen LogP contribution in [0, 0.1) is 11.3 Å². The highest BCUT2D eigenvalue weighted by Crippen LogP contribution is 2.36. The molecule has 6 N–H and O–H groups in total. The monoisotopic (exact) mass is 436 g/mol. The number of nitrogens with one attached hydrogen (secondary N) is 1. The highest BCUT2D eigenvalue weighted by atomic mass is 79.9. The third-order valence-electron chi connectivity index (χ3n) is 3.32. The second kappa shape index (κ2) is 7.95. The molecular weight excluding hydrogens is 424 g/mol. The Balaban J connectivity index is 2.18. The predicted molar refractivity (Wildman–Crippen MR) is 102 cm³/mol. The van der Waals surface area contributed by atoms with Gasteiger partial charge < -0.3 is 30.8 Å². The number of aromatic hydroxyl groups is 5. The van der Waals surface area contributed by atoms with Crippen LogP contribution in [0.1, 0.15) is 11.1 Å². The Morgan fingerprint density at radius 1 is 1.04 bits per heavy atom. The van der Waals surface area contributed by atoms with Gasteiger partial charge in [0.05, 0.1) is 10.0 Å². The number of phenols is 5. The number of hydrogen-bond donors (Lipinski definition) is 6. The van der Waals surface area contributed by atoms with E-state index in [4.69, 9.17) is 12.2 Å². The molecule has 0 aromatic heterocycles. The van der Waals surface area contributed by atoms with Crippen LogP contribution in [-0.2, 0) is 6.54 Å². The van der Waals surface area contributed by atoms with Gasteiger partial charge in [-0.2, -0.15) is 5.26 Å². The number of thiocarbonyl (C=S) groups is 1. The van der Waals surface area contributed by atoms with E-state index in [2.05, 4.69) is 21.2 Å². The summed E-state index contributed by atoms with van der Waals surface area (Å²) in [5, 5.41) is 59.6. The number of hydrogen-bond acceptors (Lipinski definition) is 7. The van der Waals surface area contributed by atoms with E-state index in [1.807, 2.05) is 6.07 Å². The zero-order valence-electron chi connectivity index (χ0n) is 13.1. The van der Waals surface area contributed by atoms with E-state index in [9.17, 15) is 30.8 Å². The Bertz CT molecular complexity index is 907. The molecule has 0 aliphatic heterocycles. The van der Waals surface area contributed by atoms with Crippen LogP contribution in [0.15, 0.2) is 34.3 Å². The molecule has 2 aromatic rings. The van der Waals surface area contributed by atoms with Crippen LogP contribution in [0.2, 0.25) is 0 Å². The lowest BCUT2D eigenvalue weighted by Crippen LogP contribution is -2.22. The van der Waals surface area contributed by atoms with Gasteiger partial charge in [0.15, 0.2) is 28.7 Å². The van der Waals surface area contributed by atoms with Gasteiger partial charge in [-0.15, -0.1) is 0 Å². The fraction of sp³-hybridized carbons (Fsp3) is 0.0588. The molecule has 0 unspecified atom stereocenters. The minimum absolute atomic E-state index is 0.0616. The van der Waals surface area contributed by atoms with Gasteiger partial charge in [-0.3, -0.25) is 0 Å². The van der Waals surface area contributed by atoms with E-state index in [-0.39, 0.29) is 34.2 Å². The Labute approximate surface area is 162 Å². The van der Waals surface area contributed by atoms with Crippen molar-refractivity contribution in [3.8, 4) is 34.8 Å². The largest absolute Gasteiger partial charge is 0.504 e. The van der Waals surface area contributed by atoms with E-state index in [1.54, 1.807) is 6.07 Å². The zero-order chi connectivity index (χ0) is 19.4. The first-order chi connectivity index (χ1) is 12.2. The fourth-order valence-corrected chi connectivity index (χ4v) is 2.72. The van der Waals surface area contributed by atoms with Gasteiger partial charge in [-0.05, 0) is 57.4 Å². The van der Waals surface area contributed by atoms with Gasteiger partial charge >= 0.3 is 0 Å². The highest BCUT2D eigenvalue weighted by Gasteiger charge is 2.11. The molecule has 0 saturated heterocycles. The fourth-order valence-electron chi connectivity index (χ4n) is 2.04. The maximum atomic E-state index is 9.60. The molecule has 0 radical (unpaired) electrons. The molecule has 0 saturated carbocycles. The summed E-state index contributed by atoms with van der Waals surface area (Å²) >= 11 is 8.26. The third kappa shape index (κ3) is 4.36. The Hall–Kier alpha value is -2.96. The third-order valence-corrected chi connectivity index (χ3v) is 4.29. The second-order valence-electron chi connectivity index (χ2n) is 5.21. The smallest absolute Gasteiger partial charge is 0.200 e. The Morgan fingerprint density at radius 3 is 2.15 bits per heavy atom. The Morgan fingerprint density at radius 2 is 1.62 bits per heavy atom. The van der Waals surface area contributed by atoms with Crippen molar-refractivity contribution in [3.05, 3.63) is 45.4 Å². The summed E-state index contributed by atoms with van der Waals surface area (Å²) in [4.78, 5) is 0.100. The van der Waals surface area contributed by atoms with Gasteiger partial charge in [0.1, 0.15) is 11.1 Å². The van der Waals surface area contributed by atoms with Crippen molar-refractivity contribution in [1.82, 2.24) is 5.32 Å². The number of benzene rings is 2. The molecule has 0 aliphatic rings. The maximum absolute atomic E-state index is 9.60. The number of phenolic OH excluding ortho intramolecular Hbond substituents is 5. The summed E-state index contributed by atoms with van der Waals surface area (Å²) in [7, 11) is 0. The Kier molecular flexibility index (Phi) is 5.92. The second-order valence-corrected chi connectivity index (χ2v) is 6.47. The molecule has 0 heterocycles. The van der Waals surface area contributed by atoms with Gasteiger partial charge in [0, 0.05) is 6.54 Å². The summed E-state index contributed by atoms with van der Waals surface area (Å²) in [5.41, 5.74) is 0.932. The van der Waals surface area contributed by atoms with Crippen LogP contribution in [0.4, 0.5) is 0 Å². The van der Waals surface area contributed by atoms with E-state index in [0.717, 1.165) is 0 Å². The van der Waals surface area contributed by atoms with Crippen molar-refractivity contribution < 1.29 is 25.5 Å². The van der Waals surface area contributed by atoms with Crippen molar-refractivity contribution in [1.29, 1.82) is 5.26 Å². The molecule has 26 heavy (non-hydrogen) atoms. The summed E-state index contributed by atoms with van der Waals surface area (Å²) in [6, 6.07) is 7.18. The lowest BCUT2D eigenvalue weighted by atomic mass is 10.1. The quantitative estimate of drug-likeness (QED) is 0.186. The lowest BCUT2D eigenvalue weighted by Gasteiger charge is -2.09. The first-order valence-electron chi connectivity index (χ1n) is 7.08. The van der Waals surface area contributed by atoms with Crippen LogP contribution in [0.3, 0.4) is 0 Å². The summed E-state index contributed by atoms with van der Waals surface area (Å²) < 4.78 is 0.311. The molecule has 7 nitrogen and oxygen atoms in total. The van der Waals surface area contributed by atoms with Crippen molar-refractivity contribution in [2.24, 2.45) is 0 Å². The summed E-state index contributed by atoms with van der Waals surface area (Å²) in [5.74, 6) is -2.29. The first kappa shape index (κ1) is 19.4. The minimum Gasteiger partial charge on any atom is -0.504 e. The van der Waals surface area contributed by atoms with Gasteiger partial charge in [0.2, 0.25) is 0 Å². The summed E-state index contributed by atoms with van der Waals surface area (Å²) in [6.45, 7) is 0.177. The van der Waals surface area contributed by atoms with E-state index >= 15 is 0 Å². The van der Waals surface area contributed by atoms with Crippen LogP contribution in [0.25, 0.3) is 6.08 Å². The van der Waals surface area contributed by atoms with E-state index < -0.39 is 17.2 Å². The van der Waals surface area contributed by atoms with Crippen molar-refractivity contribution in [3.63, 3.8) is 0 Å². The van der Waals surface area contributed by atoms with E-state index in [0.29, 0.717) is 10.0 Å². The molecule has 0 aliphatic carbocycles. The maximum Gasteiger partial charge on any atom is 0.200 e. The molecule has 134 valence electrons. The van der Waals surface area contributed by atoms with Crippen molar-refractivity contribution in [2.75, 3.05) is 0 Å². The average Bonchev–Trinajstić information content (AvgIpc) is 2.59. The molecule has 0 amide bonds. The number of rotatable bonds is 4. The lowest BCUT2D eigenvalue weighted by molar-refractivity contribution is 0.368. The first-order valence-corrected chi connectivity index (χ1v) is 8.28. The number of nitrogens with zero attached hydrogens (tertiary/aromatic N) is 1. The molecule has 2 rings (SSSR count). The van der Waals surface area contributed by atoms with Crippen molar-refractivity contribution >= 4 is 39.2 Å². The van der Waals surface area contributed by atoms with Gasteiger partial charge in [-0.1, -0.05) is 12.2 Å². The van der Waals surface area contributed by atoms with Crippen LogP contribution >= 0.6 is 28.1 Å². The number of nitriles is 1. The van der Waals surface area contributed by atoms with Gasteiger partial charge in [-0.25, -0.2) is 0 Å². The molecule has 9 heteroatoms. The minimum atomic E-state index is -0.654. The molecular formula is C17H13BrN2O5S. The van der Waals surface area contributed by atoms with Crippen LogP contribution in [0.5, 0.6) is 28.7 Å². The predicted octanol–water partition coefficient (Wildman–Crippen LogP) is 3.00. The average molecular weight is 437 g/mol. The standard InChI is InChI=1S/C17H13BrN2O5S/c18-11-2-9(5-12(21)15(11)24)7-20-17(26)10(6-19)1-8-3-13(22)16(25)14(23)4-8/h1-5,21-25H,7H2,(H,20,26)/b10-1+.